The van der Waals surface area contributed by atoms with Crippen molar-refractivity contribution in [2.24, 2.45) is 0 Å². The number of hydrogen-bond donors (Lipinski definition) is 0. The molecular weight excluding hydrogens is 266 g/mol. The third-order valence-corrected chi connectivity index (χ3v) is 3.87. The minimum absolute atomic E-state index is 0.278. The smallest absolute Gasteiger partial charge is 0.410 e. The molecule has 0 aliphatic carbocycles. The summed E-state index contributed by atoms with van der Waals surface area (Å²) in [6.07, 6.45) is 1.86. The molecule has 1 saturated heterocycles. The Morgan fingerprint density at radius 2 is 2.00 bits per heavy atom. The van der Waals surface area contributed by atoms with Crippen LogP contribution >= 0.6 is 0 Å². The van der Waals surface area contributed by atoms with Crippen molar-refractivity contribution in [2.45, 2.75) is 44.6 Å². The van der Waals surface area contributed by atoms with Crippen molar-refractivity contribution >= 4 is 12.4 Å². The van der Waals surface area contributed by atoms with Gasteiger partial charge in [-0.1, -0.05) is 30.3 Å². The largest absolute Gasteiger partial charge is 0.444 e. The molecule has 2 rings (SSSR count). The van der Waals surface area contributed by atoms with Gasteiger partial charge >= 0.3 is 6.09 Å². The summed E-state index contributed by atoms with van der Waals surface area (Å²) in [5, 5.41) is 0. The Morgan fingerprint density at radius 1 is 1.33 bits per heavy atom. The van der Waals surface area contributed by atoms with Gasteiger partial charge in [0.25, 0.3) is 0 Å². The average Bonchev–Trinajstić information content (AvgIpc) is 2.84. The van der Waals surface area contributed by atoms with E-state index >= 15 is 0 Å². The van der Waals surface area contributed by atoms with Crippen LogP contribution in [0.15, 0.2) is 30.3 Å². The normalized spacial score (nSPS) is 22.1. The second-order valence-electron chi connectivity index (χ2n) is 6.67. The number of carbonyl (C=O) groups excluding carboxylic acids is 2. The molecule has 1 aromatic rings. The SMILES string of the molecule is CC(C)(C)OC(=O)N1CCC(CC=O)(c2ccccc2)C1. The molecule has 0 radical (unpaired) electrons. The van der Waals surface area contributed by atoms with E-state index in [4.69, 9.17) is 4.74 Å². The highest BCUT2D eigenvalue weighted by molar-refractivity contribution is 5.69. The van der Waals surface area contributed by atoms with E-state index in [2.05, 4.69) is 0 Å². The lowest BCUT2D eigenvalue weighted by atomic mass is 9.77. The van der Waals surface area contributed by atoms with Crippen LogP contribution in [0.2, 0.25) is 0 Å². The summed E-state index contributed by atoms with van der Waals surface area (Å²) < 4.78 is 5.43. The minimum atomic E-state index is -0.500. The van der Waals surface area contributed by atoms with Gasteiger partial charge < -0.3 is 14.4 Å². The summed E-state index contributed by atoms with van der Waals surface area (Å²) in [5.41, 5.74) is 0.336. The van der Waals surface area contributed by atoms with E-state index in [1.807, 2.05) is 51.1 Å². The van der Waals surface area contributed by atoms with Crippen LogP contribution < -0.4 is 0 Å². The van der Waals surface area contributed by atoms with Gasteiger partial charge in [-0.25, -0.2) is 4.79 Å². The predicted octanol–water partition coefficient (Wildman–Crippen LogP) is 3.15. The Balaban J connectivity index is 2.16. The molecule has 4 heteroatoms. The van der Waals surface area contributed by atoms with Gasteiger partial charge in [0, 0.05) is 24.9 Å². The summed E-state index contributed by atoms with van der Waals surface area (Å²) >= 11 is 0. The van der Waals surface area contributed by atoms with Crippen LogP contribution in [0.25, 0.3) is 0 Å². The fourth-order valence-corrected chi connectivity index (χ4v) is 2.83. The van der Waals surface area contributed by atoms with Crippen molar-refractivity contribution in [3.05, 3.63) is 35.9 Å². The summed E-state index contributed by atoms with van der Waals surface area (Å²) in [7, 11) is 0. The first-order valence-electron chi connectivity index (χ1n) is 7.33. The Morgan fingerprint density at radius 3 is 2.57 bits per heavy atom. The van der Waals surface area contributed by atoms with Crippen LogP contribution in [0.4, 0.5) is 4.79 Å². The van der Waals surface area contributed by atoms with Crippen LogP contribution in [0.5, 0.6) is 0 Å². The van der Waals surface area contributed by atoms with Gasteiger partial charge in [-0.3, -0.25) is 0 Å². The third-order valence-electron chi connectivity index (χ3n) is 3.87. The predicted molar refractivity (Wildman–Crippen MR) is 81.2 cm³/mol. The summed E-state index contributed by atoms with van der Waals surface area (Å²) in [5.74, 6) is 0. The van der Waals surface area contributed by atoms with Crippen molar-refractivity contribution in [3.63, 3.8) is 0 Å². The molecule has 1 amide bonds. The molecule has 1 atom stereocenters. The van der Waals surface area contributed by atoms with Gasteiger partial charge in [0.2, 0.25) is 0 Å². The molecule has 4 nitrogen and oxygen atoms in total. The molecule has 1 heterocycles. The van der Waals surface area contributed by atoms with Gasteiger partial charge in [-0.05, 0) is 32.8 Å². The van der Waals surface area contributed by atoms with E-state index in [0.717, 1.165) is 18.3 Å². The van der Waals surface area contributed by atoms with E-state index in [0.29, 0.717) is 19.5 Å². The van der Waals surface area contributed by atoms with Gasteiger partial charge in [0.05, 0.1) is 0 Å². The molecule has 0 aromatic heterocycles. The zero-order valence-corrected chi connectivity index (χ0v) is 13.0. The number of rotatable bonds is 3. The van der Waals surface area contributed by atoms with Crippen LogP contribution in [-0.4, -0.2) is 36.0 Å². The zero-order chi connectivity index (χ0) is 15.5. The molecule has 1 aliphatic heterocycles. The average molecular weight is 289 g/mol. The van der Waals surface area contributed by atoms with Gasteiger partial charge in [0.15, 0.2) is 0 Å². The minimum Gasteiger partial charge on any atom is -0.444 e. The molecule has 0 bridgehead atoms. The van der Waals surface area contributed by atoms with Crippen molar-refractivity contribution in [2.75, 3.05) is 13.1 Å². The topological polar surface area (TPSA) is 46.6 Å². The monoisotopic (exact) mass is 289 g/mol. The molecular formula is C17H23NO3. The van der Waals surface area contributed by atoms with Crippen molar-refractivity contribution < 1.29 is 14.3 Å². The highest BCUT2D eigenvalue weighted by Gasteiger charge is 2.42. The highest BCUT2D eigenvalue weighted by atomic mass is 16.6. The third kappa shape index (κ3) is 3.63. The lowest BCUT2D eigenvalue weighted by Crippen LogP contribution is -2.38. The quantitative estimate of drug-likeness (QED) is 0.803. The number of carbonyl (C=O) groups is 2. The molecule has 0 spiro atoms. The lowest BCUT2D eigenvalue weighted by molar-refractivity contribution is -0.108. The first-order chi connectivity index (χ1) is 9.86. The standard InChI is InChI=1S/C17H23NO3/c1-16(2,3)21-15(20)18-11-9-17(13-18,10-12-19)14-7-5-4-6-8-14/h4-8,12H,9-11,13H2,1-3H3. The zero-order valence-electron chi connectivity index (χ0n) is 13.0. The number of hydrogen-bond acceptors (Lipinski definition) is 3. The van der Waals surface area contributed by atoms with Crippen LogP contribution in [-0.2, 0) is 14.9 Å². The number of ether oxygens (including phenoxy) is 1. The fourth-order valence-electron chi connectivity index (χ4n) is 2.83. The maximum atomic E-state index is 12.2. The molecule has 1 unspecified atom stereocenters. The van der Waals surface area contributed by atoms with E-state index < -0.39 is 5.60 Å². The molecule has 1 aromatic carbocycles. The molecule has 0 saturated carbocycles. The van der Waals surface area contributed by atoms with Crippen LogP contribution in [0.3, 0.4) is 0 Å². The van der Waals surface area contributed by atoms with E-state index in [1.165, 1.54) is 0 Å². The second-order valence-corrected chi connectivity index (χ2v) is 6.67. The maximum Gasteiger partial charge on any atom is 0.410 e. The fraction of sp³-hybridized carbons (Fsp3) is 0.529. The maximum absolute atomic E-state index is 12.2. The summed E-state index contributed by atoms with van der Waals surface area (Å²) in [6.45, 7) is 6.73. The molecule has 0 N–H and O–H groups in total. The van der Waals surface area contributed by atoms with Crippen LogP contribution in [0, 0.1) is 0 Å². The van der Waals surface area contributed by atoms with Gasteiger partial charge in [-0.2, -0.15) is 0 Å². The Labute approximate surface area is 126 Å². The Bertz CT molecular complexity index is 507. The molecule has 21 heavy (non-hydrogen) atoms. The number of nitrogens with zero attached hydrogens (tertiary/aromatic N) is 1. The summed E-state index contributed by atoms with van der Waals surface area (Å²) in [4.78, 5) is 25.0. The van der Waals surface area contributed by atoms with E-state index in [-0.39, 0.29) is 11.5 Å². The second kappa shape index (κ2) is 5.88. The lowest BCUT2D eigenvalue weighted by Gasteiger charge is -2.29. The number of aldehydes is 1. The number of benzene rings is 1. The van der Waals surface area contributed by atoms with E-state index in [9.17, 15) is 9.59 Å². The molecule has 1 fully saturated rings. The van der Waals surface area contributed by atoms with Gasteiger partial charge in [0.1, 0.15) is 11.9 Å². The first kappa shape index (κ1) is 15.5. The van der Waals surface area contributed by atoms with Crippen molar-refractivity contribution in [1.82, 2.24) is 4.90 Å². The van der Waals surface area contributed by atoms with Gasteiger partial charge in [-0.15, -0.1) is 0 Å². The Kier molecular flexibility index (Phi) is 4.35. The van der Waals surface area contributed by atoms with Crippen molar-refractivity contribution in [1.29, 1.82) is 0 Å². The number of amides is 1. The molecule has 1 aliphatic rings. The Hall–Kier alpha value is -1.84. The van der Waals surface area contributed by atoms with E-state index in [1.54, 1.807) is 4.90 Å². The van der Waals surface area contributed by atoms with Crippen LogP contribution in [0.1, 0.15) is 39.2 Å². The molecule has 114 valence electrons. The highest BCUT2D eigenvalue weighted by Crippen LogP contribution is 2.37. The number of likely N-dealkylation sites (tertiary alicyclic amines) is 1. The first-order valence-corrected chi connectivity index (χ1v) is 7.33. The summed E-state index contributed by atoms with van der Waals surface area (Å²) in [6, 6.07) is 9.96. The van der Waals surface area contributed by atoms with Crippen molar-refractivity contribution in [3.8, 4) is 0 Å².